The number of halogens is 3. The van der Waals surface area contributed by atoms with Crippen molar-refractivity contribution < 1.29 is 33.0 Å². The molecule has 0 aliphatic carbocycles. The molecular weight excluding hydrogens is 195 g/mol. The first-order valence-electron chi connectivity index (χ1n) is 3.00. The molecule has 0 spiro atoms. The normalized spacial score (nSPS) is 13.5. The summed E-state index contributed by atoms with van der Waals surface area (Å²) in [6.45, 7) is -1.10. The van der Waals surface area contributed by atoms with Crippen LogP contribution in [0.2, 0.25) is 0 Å². The molecule has 0 heterocycles. The fourth-order valence-electron chi connectivity index (χ4n) is 0.426. The van der Waals surface area contributed by atoms with Gasteiger partial charge in [-0.2, -0.15) is 13.2 Å². The molecule has 0 rings (SSSR count). The van der Waals surface area contributed by atoms with Crippen molar-refractivity contribution in [2.45, 2.75) is 12.2 Å². The quantitative estimate of drug-likeness (QED) is 0.552. The number of rotatable bonds is 3. The number of carboxylic acids is 1. The van der Waals surface area contributed by atoms with Crippen molar-refractivity contribution in [2.75, 3.05) is 6.61 Å². The van der Waals surface area contributed by atoms with Crippen LogP contribution < -0.4 is 5.32 Å². The molecule has 76 valence electrons. The molecule has 1 amide bonds. The van der Waals surface area contributed by atoms with Gasteiger partial charge in [0.1, 0.15) is 0 Å². The molecule has 1 atom stereocenters. The maximum Gasteiger partial charge on any atom is 0.471 e. The van der Waals surface area contributed by atoms with Gasteiger partial charge in [-0.1, -0.05) is 0 Å². The largest absolute Gasteiger partial charge is 0.480 e. The highest BCUT2D eigenvalue weighted by Gasteiger charge is 2.40. The molecule has 0 aliphatic heterocycles. The minimum atomic E-state index is -5.15. The molecule has 0 fully saturated rings. The molecule has 0 aromatic carbocycles. The molecule has 0 aliphatic rings. The lowest BCUT2D eigenvalue weighted by molar-refractivity contribution is -0.175. The summed E-state index contributed by atoms with van der Waals surface area (Å²) in [4.78, 5) is 20.2. The molecule has 1 unspecified atom stereocenters. The number of aliphatic hydroxyl groups is 1. The van der Waals surface area contributed by atoms with Crippen LogP contribution >= 0.6 is 0 Å². The van der Waals surface area contributed by atoms with E-state index in [2.05, 4.69) is 0 Å². The lowest BCUT2D eigenvalue weighted by atomic mass is 10.3. The number of carboxylic acid groups (broad SMARTS) is 1. The first kappa shape index (κ1) is 11.7. The summed E-state index contributed by atoms with van der Waals surface area (Å²) >= 11 is 0. The standard InChI is InChI=1S/C5H6F3NO4/c6-5(7,8)4(13)9-2(1-10)3(11)12/h2,10H,1H2,(H,9,13)(H,11,12). The highest BCUT2D eigenvalue weighted by molar-refractivity contribution is 5.86. The van der Waals surface area contributed by atoms with E-state index in [0.29, 0.717) is 0 Å². The fourth-order valence-corrected chi connectivity index (χ4v) is 0.426. The third-order valence-electron chi connectivity index (χ3n) is 1.04. The second-order valence-corrected chi connectivity index (χ2v) is 2.04. The molecule has 13 heavy (non-hydrogen) atoms. The molecule has 5 nitrogen and oxygen atoms in total. The average molecular weight is 201 g/mol. The number of nitrogens with one attached hydrogen (secondary N) is 1. The van der Waals surface area contributed by atoms with Crippen molar-refractivity contribution in [3.05, 3.63) is 0 Å². The Morgan fingerprint density at radius 1 is 1.38 bits per heavy atom. The molecule has 8 heteroatoms. The van der Waals surface area contributed by atoms with Gasteiger partial charge < -0.3 is 15.5 Å². The summed E-state index contributed by atoms with van der Waals surface area (Å²) < 4.78 is 34.6. The van der Waals surface area contributed by atoms with Crippen molar-refractivity contribution in [1.82, 2.24) is 5.32 Å². The van der Waals surface area contributed by atoms with Gasteiger partial charge in [0, 0.05) is 0 Å². The Hall–Kier alpha value is -1.31. The minimum absolute atomic E-state index is 1.09. The SMILES string of the molecule is O=C(O)C(CO)NC(=O)C(F)(F)F. The third kappa shape index (κ3) is 3.74. The van der Waals surface area contributed by atoms with Gasteiger partial charge >= 0.3 is 18.1 Å². The smallest absolute Gasteiger partial charge is 0.471 e. The maximum absolute atomic E-state index is 11.5. The highest BCUT2D eigenvalue weighted by atomic mass is 19.4. The Bertz CT molecular complexity index is 214. The number of aliphatic carboxylic acids is 1. The first-order valence-corrected chi connectivity index (χ1v) is 3.00. The predicted octanol–water partition coefficient (Wildman–Crippen LogP) is -0.890. The minimum Gasteiger partial charge on any atom is -0.480 e. The molecule has 0 radical (unpaired) electrons. The topological polar surface area (TPSA) is 86.6 Å². The Balaban J connectivity index is 4.26. The number of hydrogen-bond donors (Lipinski definition) is 3. The Morgan fingerprint density at radius 2 is 1.85 bits per heavy atom. The van der Waals surface area contributed by atoms with Gasteiger partial charge in [-0.05, 0) is 0 Å². The molecule has 0 saturated heterocycles. The zero-order valence-corrected chi connectivity index (χ0v) is 6.13. The zero-order chi connectivity index (χ0) is 10.6. The van der Waals surface area contributed by atoms with E-state index in [0.717, 1.165) is 5.32 Å². The molecule has 3 N–H and O–H groups in total. The summed E-state index contributed by atoms with van der Waals surface area (Å²) in [5.74, 6) is -4.13. The molecule has 0 saturated carbocycles. The van der Waals surface area contributed by atoms with Crippen LogP contribution in [0.15, 0.2) is 0 Å². The summed E-state index contributed by atoms with van der Waals surface area (Å²) in [6, 6.07) is -1.94. The highest BCUT2D eigenvalue weighted by Crippen LogP contribution is 2.14. The maximum atomic E-state index is 11.5. The average Bonchev–Trinajstić information content (AvgIpc) is 1.96. The lowest BCUT2D eigenvalue weighted by Crippen LogP contribution is -2.48. The van der Waals surface area contributed by atoms with Crippen LogP contribution in [0.5, 0.6) is 0 Å². The zero-order valence-electron chi connectivity index (χ0n) is 6.13. The Morgan fingerprint density at radius 3 is 2.08 bits per heavy atom. The van der Waals surface area contributed by atoms with E-state index in [1.807, 2.05) is 0 Å². The van der Waals surface area contributed by atoms with Crippen LogP contribution in [0.3, 0.4) is 0 Å². The number of hydrogen-bond acceptors (Lipinski definition) is 3. The van der Waals surface area contributed by atoms with E-state index in [4.69, 9.17) is 10.2 Å². The van der Waals surface area contributed by atoms with Gasteiger partial charge in [0.25, 0.3) is 0 Å². The van der Waals surface area contributed by atoms with Crippen molar-refractivity contribution in [1.29, 1.82) is 0 Å². The predicted molar refractivity (Wildman–Crippen MR) is 32.7 cm³/mol. The summed E-state index contributed by atoms with van der Waals surface area (Å²) in [6.07, 6.45) is -5.15. The van der Waals surface area contributed by atoms with Gasteiger partial charge in [-0.15, -0.1) is 0 Å². The van der Waals surface area contributed by atoms with Crippen LogP contribution in [-0.4, -0.2) is 40.9 Å². The van der Waals surface area contributed by atoms with Crippen molar-refractivity contribution in [2.24, 2.45) is 0 Å². The van der Waals surface area contributed by atoms with Crippen molar-refractivity contribution in [3.63, 3.8) is 0 Å². The number of carbonyl (C=O) groups excluding carboxylic acids is 1. The second kappa shape index (κ2) is 4.08. The van der Waals surface area contributed by atoms with E-state index in [1.54, 1.807) is 0 Å². The lowest BCUT2D eigenvalue weighted by Gasteiger charge is -2.12. The van der Waals surface area contributed by atoms with E-state index in [1.165, 1.54) is 0 Å². The van der Waals surface area contributed by atoms with Crippen LogP contribution in [-0.2, 0) is 9.59 Å². The summed E-state index contributed by atoms with van der Waals surface area (Å²) in [5.41, 5.74) is 0. The fraction of sp³-hybridized carbons (Fsp3) is 0.600. The van der Waals surface area contributed by atoms with Crippen molar-refractivity contribution >= 4 is 11.9 Å². The van der Waals surface area contributed by atoms with E-state index >= 15 is 0 Å². The molecule has 0 bridgehead atoms. The molecular formula is C5H6F3NO4. The molecule has 0 aromatic rings. The van der Waals surface area contributed by atoms with Crippen LogP contribution in [0, 0.1) is 0 Å². The van der Waals surface area contributed by atoms with Gasteiger partial charge in [-0.3, -0.25) is 4.79 Å². The van der Waals surface area contributed by atoms with E-state index in [-0.39, 0.29) is 0 Å². The molecule has 0 aromatic heterocycles. The summed E-state index contributed by atoms with van der Waals surface area (Å²) in [7, 11) is 0. The van der Waals surface area contributed by atoms with Crippen LogP contribution in [0.1, 0.15) is 0 Å². The van der Waals surface area contributed by atoms with Crippen LogP contribution in [0.4, 0.5) is 13.2 Å². The van der Waals surface area contributed by atoms with Crippen molar-refractivity contribution in [3.8, 4) is 0 Å². The monoisotopic (exact) mass is 201 g/mol. The van der Waals surface area contributed by atoms with Gasteiger partial charge in [0.2, 0.25) is 0 Å². The van der Waals surface area contributed by atoms with Gasteiger partial charge in [0.15, 0.2) is 6.04 Å². The van der Waals surface area contributed by atoms with E-state index in [9.17, 15) is 22.8 Å². The number of carbonyl (C=O) groups is 2. The first-order chi connectivity index (χ1) is 5.79. The Labute approximate surface area is 70.2 Å². The summed E-state index contributed by atoms with van der Waals surface area (Å²) in [5, 5.41) is 17.5. The number of aliphatic hydroxyl groups excluding tert-OH is 1. The third-order valence-corrected chi connectivity index (χ3v) is 1.04. The Kier molecular flexibility index (Phi) is 3.67. The van der Waals surface area contributed by atoms with Gasteiger partial charge in [-0.25, -0.2) is 4.79 Å². The number of amides is 1. The van der Waals surface area contributed by atoms with Crippen LogP contribution in [0.25, 0.3) is 0 Å². The second-order valence-electron chi connectivity index (χ2n) is 2.04. The number of alkyl halides is 3. The van der Waals surface area contributed by atoms with E-state index < -0.39 is 30.7 Å². The van der Waals surface area contributed by atoms with Gasteiger partial charge in [0.05, 0.1) is 6.61 Å².